The Hall–Kier alpha value is -0.900. The summed E-state index contributed by atoms with van der Waals surface area (Å²) in [5.41, 5.74) is 1.42. The zero-order chi connectivity index (χ0) is 13.3. The van der Waals surface area contributed by atoms with Crippen LogP contribution in [0.4, 0.5) is 0 Å². The fourth-order valence-corrected chi connectivity index (χ4v) is 2.65. The van der Waals surface area contributed by atoms with E-state index in [0.717, 1.165) is 6.61 Å². The van der Waals surface area contributed by atoms with Gasteiger partial charge in [0.1, 0.15) is 0 Å². The van der Waals surface area contributed by atoms with Crippen LogP contribution in [0.3, 0.4) is 0 Å². The molecule has 1 atom stereocenters. The van der Waals surface area contributed by atoms with Crippen LogP contribution in [0, 0.1) is 5.41 Å². The lowest BCUT2D eigenvalue weighted by atomic mass is 10.0. The van der Waals surface area contributed by atoms with Crippen molar-refractivity contribution in [2.45, 2.75) is 45.2 Å². The van der Waals surface area contributed by atoms with E-state index in [-0.39, 0.29) is 11.5 Å². The lowest BCUT2D eigenvalue weighted by Gasteiger charge is -2.23. The van der Waals surface area contributed by atoms with Crippen molar-refractivity contribution in [2.75, 3.05) is 13.2 Å². The van der Waals surface area contributed by atoms with Crippen molar-refractivity contribution in [3.8, 4) is 0 Å². The van der Waals surface area contributed by atoms with Crippen LogP contribution in [-0.4, -0.2) is 25.1 Å². The van der Waals surface area contributed by atoms with Crippen molar-refractivity contribution < 1.29 is 14.2 Å². The smallest absolute Gasteiger partial charge is 0.163 e. The van der Waals surface area contributed by atoms with Crippen LogP contribution in [0.25, 0.3) is 0 Å². The van der Waals surface area contributed by atoms with Gasteiger partial charge in [0.15, 0.2) is 5.79 Å². The van der Waals surface area contributed by atoms with Crippen molar-refractivity contribution in [1.82, 2.24) is 0 Å². The summed E-state index contributed by atoms with van der Waals surface area (Å²) in [6, 6.07) is 10.3. The summed E-state index contributed by atoms with van der Waals surface area (Å²) < 4.78 is 17.5. The maximum atomic E-state index is 5.98. The Bertz CT molecular complexity index is 423. The summed E-state index contributed by atoms with van der Waals surface area (Å²) in [6.45, 7) is 6.11. The highest BCUT2D eigenvalue weighted by atomic mass is 16.7. The monoisotopic (exact) mass is 262 g/mol. The molecule has 104 valence electrons. The molecule has 1 saturated heterocycles. The van der Waals surface area contributed by atoms with E-state index in [2.05, 4.69) is 12.1 Å². The third kappa shape index (κ3) is 2.99. The van der Waals surface area contributed by atoms with E-state index in [0.29, 0.717) is 13.2 Å². The molecule has 0 bridgehead atoms. The molecule has 1 aromatic carbocycles. The van der Waals surface area contributed by atoms with Gasteiger partial charge in [-0.25, -0.2) is 0 Å². The van der Waals surface area contributed by atoms with E-state index in [1.807, 2.05) is 32.0 Å². The van der Waals surface area contributed by atoms with E-state index in [1.54, 1.807) is 0 Å². The fourth-order valence-electron chi connectivity index (χ4n) is 2.65. The van der Waals surface area contributed by atoms with Gasteiger partial charge in [-0.2, -0.15) is 0 Å². The SMILES string of the molecule is CC1(C)OCC(C2(COCc3ccccc3)CC2)O1. The van der Waals surface area contributed by atoms with Crippen LogP contribution in [0.1, 0.15) is 32.3 Å². The molecule has 1 heterocycles. The van der Waals surface area contributed by atoms with Gasteiger partial charge in [-0.05, 0) is 32.3 Å². The molecule has 2 aliphatic rings. The van der Waals surface area contributed by atoms with Crippen LogP contribution in [0.2, 0.25) is 0 Å². The van der Waals surface area contributed by atoms with Crippen molar-refractivity contribution in [1.29, 1.82) is 0 Å². The van der Waals surface area contributed by atoms with Gasteiger partial charge in [-0.3, -0.25) is 0 Å². The Kier molecular flexibility index (Phi) is 3.37. The average molecular weight is 262 g/mol. The predicted octanol–water partition coefficient (Wildman–Crippen LogP) is 3.13. The van der Waals surface area contributed by atoms with Crippen LogP contribution in [-0.2, 0) is 20.8 Å². The second kappa shape index (κ2) is 4.89. The summed E-state index contributed by atoms with van der Waals surface area (Å²) >= 11 is 0. The lowest BCUT2D eigenvalue weighted by molar-refractivity contribution is -0.150. The number of hydrogen-bond acceptors (Lipinski definition) is 3. The molecule has 1 unspecified atom stereocenters. The Balaban J connectivity index is 1.50. The third-order valence-corrected chi connectivity index (χ3v) is 4.08. The van der Waals surface area contributed by atoms with E-state index in [4.69, 9.17) is 14.2 Å². The molecule has 3 heteroatoms. The topological polar surface area (TPSA) is 27.7 Å². The van der Waals surface area contributed by atoms with Crippen LogP contribution >= 0.6 is 0 Å². The van der Waals surface area contributed by atoms with Crippen molar-refractivity contribution in [3.05, 3.63) is 35.9 Å². The number of rotatable bonds is 5. The highest BCUT2D eigenvalue weighted by molar-refractivity contribution is 5.13. The standard InChI is InChI=1S/C16H22O3/c1-15(2)18-11-14(19-15)16(8-9-16)12-17-10-13-6-4-3-5-7-13/h3-7,14H,8-12H2,1-2H3. The Morgan fingerprint density at radius 2 is 1.95 bits per heavy atom. The summed E-state index contributed by atoms with van der Waals surface area (Å²) in [7, 11) is 0. The average Bonchev–Trinajstić information content (AvgIpc) is 3.08. The van der Waals surface area contributed by atoms with Crippen molar-refractivity contribution >= 4 is 0 Å². The zero-order valence-electron chi connectivity index (χ0n) is 11.7. The minimum absolute atomic E-state index is 0.193. The maximum absolute atomic E-state index is 5.98. The number of ether oxygens (including phenoxy) is 3. The second-order valence-electron chi connectivity index (χ2n) is 6.16. The van der Waals surface area contributed by atoms with Gasteiger partial charge in [-0.1, -0.05) is 30.3 Å². The summed E-state index contributed by atoms with van der Waals surface area (Å²) in [6.07, 6.45) is 2.57. The molecule has 0 spiro atoms. The molecule has 1 aliphatic heterocycles. The van der Waals surface area contributed by atoms with Crippen LogP contribution in [0.5, 0.6) is 0 Å². The molecule has 0 amide bonds. The van der Waals surface area contributed by atoms with Gasteiger partial charge >= 0.3 is 0 Å². The van der Waals surface area contributed by atoms with Gasteiger partial charge in [0, 0.05) is 5.41 Å². The molecule has 1 saturated carbocycles. The molecule has 19 heavy (non-hydrogen) atoms. The highest BCUT2D eigenvalue weighted by Crippen LogP contribution is 2.53. The van der Waals surface area contributed by atoms with E-state index in [1.165, 1.54) is 18.4 Å². The Morgan fingerprint density at radius 3 is 2.53 bits per heavy atom. The second-order valence-corrected chi connectivity index (χ2v) is 6.16. The molecule has 1 aliphatic carbocycles. The first-order chi connectivity index (χ1) is 9.10. The van der Waals surface area contributed by atoms with Crippen LogP contribution in [0.15, 0.2) is 30.3 Å². The Labute approximate surface area is 114 Å². The van der Waals surface area contributed by atoms with Gasteiger partial charge < -0.3 is 14.2 Å². The highest BCUT2D eigenvalue weighted by Gasteiger charge is 2.54. The lowest BCUT2D eigenvalue weighted by Crippen LogP contribution is -2.31. The fraction of sp³-hybridized carbons (Fsp3) is 0.625. The first kappa shape index (κ1) is 13.1. The molecular formula is C16H22O3. The normalized spacial score (nSPS) is 27.4. The van der Waals surface area contributed by atoms with Gasteiger partial charge in [-0.15, -0.1) is 0 Å². The molecule has 0 radical (unpaired) electrons. The van der Waals surface area contributed by atoms with Gasteiger partial charge in [0.2, 0.25) is 0 Å². The molecule has 3 nitrogen and oxygen atoms in total. The van der Waals surface area contributed by atoms with Crippen LogP contribution < -0.4 is 0 Å². The number of benzene rings is 1. The minimum Gasteiger partial charge on any atom is -0.376 e. The first-order valence-electron chi connectivity index (χ1n) is 7.03. The zero-order valence-corrected chi connectivity index (χ0v) is 11.7. The van der Waals surface area contributed by atoms with Crippen molar-refractivity contribution in [3.63, 3.8) is 0 Å². The first-order valence-corrected chi connectivity index (χ1v) is 7.03. The van der Waals surface area contributed by atoms with Gasteiger partial charge in [0.05, 0.1) is 25.9 Å². The summed E-state index contributed by atoms with van der Waals surface area (Å²) in [5, 5.41) is 0. The molecule has 2 fully saturated rings. The summed E-state index contributed by atoms with van der Waals surface area (Å²) in [4.78, 5) is 0. The largest absolute Gasteiger partial charge is 0.376 e. The quantitative estimate of drug-likeness (QED) is 0.816. The van der Waals surface area contributed by atoms with E-state index in [9.17, 15) is 0 Å². The van der Waals surface area contributed by atoms with E-state index < -0.39 is 5.79 Å². The molecule has 1 aromatic rings. The molecule has 0 aromatic heterocycles. The number of hydrogen-bond donors (Lipinski definition) is 0. The maximum Gasteiger partial charge on any atom is 0.163 e. The Morgan fingerprint density at radius 1 is 1.21 bits per heavy atom. The molecular weight excluding hydrogens is 240 g/mol. The predicted molar refractivity (Wildman–Crippen MR) is 72.7 cm³/mol. The minimum atomic E-state index is -0.431. The van der Waals surface area contributed by atoms with E-state index >= 15 is 0 Å². The van der Waals surface area contributed by atoms with Gasteiger partial charge in [0.25, 0.3) is 0 Å². The molecule has 3 rings (SSSR count). The summed E-state index contributed by atoms with van der Waals surface area (Å²) in [5.74, 6) is -0.431. The third-order valence-electron chi connectivity index (χ3n) is 4.08. The van der Waals surface area contributed by atoms with Crippen molar-refractivity contribution in [2.24, 2.45) is 5.41 Å². The molecule has 0 N–H and O–H groups in total.